The third-order valence-corrected chi connectivity index (χ3v) is 7.91. The molecule has 3 rings (SSSR count). The summed E-state index contributed by atoms with van der Waals surface area (Å²) >= 11 is 0. The van der Waals surface area contributed by atoms with Gasteiger partial charge in [0.2, 0.25) is 17.7 Å². The Balaban J connectivity index is 2.13. The van der Waals surface area contributed by atoms with Crippen LogP contribution in [0.4, 0.5) is 17.6 Å². The fraction of sp³-hybridized carbons (Fsp3) is 0.424. The molecule has 1 aliphatic carbocycles. The SMILES string of the molecule is CCCN(CCC)C(=O)C1=CC(C(N)=O)=CC(C(N)=O)([C@H](Cc2cc(F)cc(C(F)(F)F)c2)[C@@H](O)CNCc2ccccc2)C1. The first kappa shape index (κ1) is 35.4. The maximum atomic E-state index is 14.5. The third kappa shape index (κ3) is 9.01. The lowest BCUT2D eigenvalue weighted by Gasteiger charge is -2.42. The Morgan fingerprint density at radius 3 is 2.22 bits per heavy atom. The molecule has 12 heteroatoms. The summed E-state index contributed by atoms with van der Waals surface area (Å²) in [6.07, 6.45) is -3.39. The van der Waals surface area contributed by atoms with Crippen LogP contribution in [-0.4, -0.2) is 53.5 Å². The van der Waals surface area contributed by atoms with E-state index in [-0.39, 0.29) is 29.7 Å². The monoisotopic (exact) mass is 632 g/mol. The second kappa shape index (κ2) is 15.3. The first-order valence-corrected chi connectivity index (χ1v) is 14.8. The molecule has 0 saturated heterocycles. The van der Waals surface area contributed by atoms with Crippen molar-refractivity contribution in [2.75, 3.05) is 19.6 Å². The topological polar surface area (TPSA) is 139 Å². The Kier molecular flexibility index (Phi) is 12.1. The molecular formula is C33H40F4N4O4. The molecule has 244 valence electrons. The molecule has 0 radical (unpaired) electrons. The van der Waals surface area contributed by atoms with Gasteiger partial charge in [-0.2, -0.15) is 13.2 Å². The molecule has 0 heterocycles. The van der Waals surface area contributed by atoms with Crippen LogP contribution in [0, 0.1) is 17.2 Å². The number of nitrogens with zero attached hydrogens (tertiary/aromatic N) is 1. The molecule has 2 aromatic carbocycles. The smallest absolute Gasteiger partial charge is 0.391 e. The van der Waals surface area contributed by atoms with Gasteiger partial charge in [0.15, 0.2) is 0 Å². The number of hydrogen-bond acceptors (Lipinski definition) is 5. The predicted octanol–water partition coefficient (Wildman–Crippen LogP) is 4.02. The van der Waals surface area contributed by atoms with Crippen molar-refractivity contribution in [1.82, 2.24) is 10.2 Å². The lowest BCUT2D eigenvalue weighted by Crippen LogP contribution is -2.52. The van der Waals surface area contributed by atoms with Crippen LogP contribution < -0.4 is 16.8 Å². The second-order valence-corrected chi connectivity index (χ2v) is 11.3. The van der Waals surface area contributed by atoms with Gasteiger partial charge in [0.05, 0.1) is 17.1 Å². The number of nitrogens with one attached hydrogen (secondary N) is 1. The number of nitrogens with two attached hydrogens (primary N) is 2. The lowest BCUT2D eigenvalue weighted by molar-refractivity contribution is -0.138. The fourth-order valence-electron chi connectivity index (χ4n) is 5.79. The van der Waals surface area contributed by atoms with Crippen LogP contribution in [0.1, 0.15) is 49.8 Å². The van der Waals surface area contributed by atoms with Gasteiger partial charge < -0.3 is 26.8 Å². The van der Waals surface area contributed by atoms with Crippen molar-refractivity contribution >= 4 is 17.7 Å². The van der Waals surface area contributed by atoms with E-state index in [2.05, 4.69) is 5.32 Å². The average Bonchev–Trinajstić information content (AvgIpc) is 2.98. The zero-order chi connectivity index (χ0) is 33.4. The van der Waals surface area contributed by atoms with E-state index in [1.807, 2.05) is 44.2 Å². The highest BCUT2D eigenvalue weighted by Crippen LogP contribution is 2.45. The fourth-order valence-corrected chi connectivity index (χ4v) is 5.79. The van der Waals surface area contributed by atoms with Crippen molar-refractivity contribution in [1.29, 1.82) is 0 Å². The molecule has 0 saturated carbocycles. The minimum absolute atomic E-state index is 0.0386. The summed E-state index contributed by atoms with van der Waals surface area (Å²) < 4.78 is 55.3. The number of hydrogen-bond donors (Lipinski definition) is 4. The number of carbonyl (C=O) groups excluding carboxylic acids is 3. The van der Waals surface area contributed by atoms with Gasteiger partial charge in [0.1, 0.15) is 5.82 Å². The average molecular weight is 633 g/mol. The number of alkyl halides is 3. The van der Waals surface area contributed by atoms with Crippen LogP contribution in [0.2, 0.25) is 0 Å². The standard InChI is InChI=1S/C33H40F4N4O4/c1-3-10-41(11-4-2)30(44)24-15-23(29(38)43)17-32(18-24,31(39)45)27(28(42)20-40-19-21-8-6-5-7-9-21)14-22-12-25(33(35,36)37)16-26(34)13-22/h5-9,12-13,15-17,27-28,40,42H,3-4,10-11,14,18-20H2,1-2H3,(H2,38,43)(H2,39,45)/t27-,28+,32?/m1/s1. The van der Waals surface area contributed by atoms with Gasteiger partial charge >= 0.3 is 6.18 Å². The quantitative estimate of drug-likeness (QED) is 0.220. The molecule has 0 aromatic heterocycles. The molecule has 45 heavy (non-hydrogen) atoms. The van der Waals surface area contributed by atoms with E-state index < -0.39 is 59.1 Å². The number of amides is 3. The highest BCUT2D eigenvalue weighted by atomic mass is 19.4. The Morgan fingerprint density at radius 2 is 1.67 bits per heavy atom. The highest BCUT2D eigenvalue weighted by molar-refractivity contribution is 6.03. The van der Waals surface area contributed by atoms with Crippen LogP contribution in [0.3, 0.4) is 0 Å². The third-order valence-electron chi connectivity index (χ3n) is 7.91. The van der Waals surface area contributed by atoms with E-state index >= 15 is 0 Å². The van der Waals surface area contributed by atoms with E-state index in [0.29, 0.717) is 38.5 Å². The Labute approximate surface area is 260 Å². The van der Waals surface area contributed by atoms with Gasteiger partial charge in [-0.15, -0.1) is 0 Å². The summed E-state index contributed by atoms with van der Waals surface area (Å²) in [7, 11) is 0. The minimum atomic E-state index is -4.86. The summed E-state index contributed by atoms with van der Waals surface area (Å²) in [4.78, 5) is 41.2. The van der Waals surface area contributed by atoms with E-state index in [0.717, 1.165) is 17.7 Å². The summed E-state index contributed by atoms with van der Waals surface area (Å²) in [5, 5.41) is 14.7. The maximum absolute atomic E-state index is 14.5. The van der Waals surface area contributed by atoms with Crippen molar-refractivity contribution in [2.24, 2.45) is 22.8 Å². The first-order chi connectivity index (χ1) is 21.2. The van der Waals surface area contributed by atoms with E-state index in [1.165, 1.54) is 12.2 Å². The van der Waals surface area contributed by atoms with Crippen molar-refractivity contribution in [2.45, 2.75) is 58.4 Å². The Hall–Kier alpha value is -4.03. The number of carbonyl (C=O) groups is 3. The molecule has 3 atom stereocenters. The highest BCUT2D eigenvalue weighted by Gasteiger charge is 2.49. The summed E-state index contributed by atoms with van der Waals surface area (Å²) in [6.45, 7) is 4.71. The van der Waals surface area contributed by atoms with Gasteiger partial charge in [-0.25, -0.2) is 4.39 Å². The van der Waals surface area contributed by atoms with Gasteiger partial charge in [-0.05, 0) is 61.1 Å². The molecule has 6 N–H and O–H groups in total. The zero-order valence-corrected chi connectivity index (χ0v) is 25.4. The molecule has 2 aromatic rings. The number of aliphatic hydroxyl groups is 1. The molecule has 1 unspecified atom stereocenters. The maximum Gasteiger partial charge on any atom is 0.416 e. The van der Waals surface area contributed by atoms with E-state index in [1.54, 1.807) is 4.90 Å². The van der Waals surface area contributed by atoms with E-state index in [4.69, 9.17) is 11.5 Å². The largest absolute Gasteiger partial charge is 0.416 e. The van der Waals surface area contributed by atoms with Crippen molar-refractivity contribution in [3.8, 4) is 0 Å². The summed E-state index contributed by atoms with van der Waals surface area (Å²) in [5.74, 6) is -4.93. The van der Waals surface area contributed by atoms with Gasteiger partial charge in [0.25, 0.3) is 0 Å². The zero-order valence-electron chi connectivity index (χ0n) is 25.4. The van der Waals surface area contributed by atoms with Crippen molar-refractivity contribution < 1.29 is 37.1 Å². The molecular weight excluding hydrogens is 592 g/mol. The predicted molar refractivity (Wildman–Crippen MR) is 162 cm³/mol. The van der Waals surface area contributed by atoms with Crippen LogP contribution in [0.5, 0.6) is 0 Å². The number of halogens is 4. The first-order valence-electron chi connectivity index (χ1n) is 14.8. The number of rotatable bonds is 15. The minimum Gasteiger partial charge on any atom is -0.391 e. The molecule has 3 amide bonds. The molecule has 1 aliphatic rings. The Morgan fingerprint density at radius 1 is 1.02 bits per heavy atom. The Bertz CT molecular complexity index is 1420. The molecule has 0 aliphatic heterocycles. The van der Waals surface area contributed by atoms with Gasteiger partial charge in [0, 0.05) is 43.2 Å². The van der Waals surface area contributed by atoms with Gasteiger partial charge in [-0.1, -0.05) is 50.3 Å². The molecule has 0 spiro atoms. The normalized spacial score (nSPS) is 18.0. The van der Waals surface area contributed by atoms with Crippen LogP contribution in [-0.2, 0) is 33.5 Å². The van der Waals surface area contributed by atoms with Crippen LogP contribution >= 0.6 is 0 Å². The number of aliphatic hydroxyl groups excluding tert-OH is 1. The number of benzene rings is 2. The van der Waals surface area contributed by atoms with Crippen molar-refractivity contribution in [3.05, 3.63) is 94.3 Å². The van der Waals surface area contributed by atoms with Crippen molar-refractivity contribution in [3.63, 3.8) is 0 Å². The second-order valence-electron chi connectivity index (χ2n) is 11.3. The van der Waals surface area contributed by atoms with E-state index in [9.17, 15) is 37.1 Å². The molecule has 0 fully saturated rings. The summed E-state index contributed by atoms with van der Waals surface area (Å²) in [5.41, 5.74) is 8.96. The van der Waals surface area contributed by atoms with Gasteiger partial charge in [-0.3, -0.25) is 14.4 Å². The summed E-state index contributed by atoms with van der Waals surface area (Å²) in [6, 6.07) is 11.1. The van der Waals surface area contributed by atoms with Crippen LogP contribution in [0.15, 0.2) is 71.8 Å². The number of primary amides is 2. The van der Waals surface area contributed by atoms with Crippen LogP contribution in [0.25, 0.3) is 0 Å². The molecule has 0 bridgehead atoms. The lowest BCUT2D eigenvalue weighted by atomic mass is 9.63. The molecule has 8 nitrogen and oxygen atoms in total.